The van der Waals surface area contributed by atoms with E-state index in [-0.39, 0.29) is 6.54 Å². The van der Waals surface area contributed by atoms with Gasteiger partial charge in [0.15, 0.2) is 0 Å². The Morgan fingerprint density at radius 3 is 2.38 bits per heavy atom. The Balaban J connectivity index is 4.47. The fourth-order valence-corrected chi connectivity index (χ4v) is 1.64. The number of carbonyl (C=O) groups excluding carboxylic acids is 2. The first kappa shape index (κ1) is 19.1. The Hall–Kier alpha value is -1.89. The minimum absolute atomic E-state index is 0.0859. The van der Waals surface area contributed by atoms with E-state index in [0.29, 0.717) is 31.5 Å². The highest BCUT2D eigenvalue weighted by Gasteiger charge is 2.20. The summed E-state index contributed by atoms with van der Waals surface area (Å²) in [6.45, 7) is 4.28. The minimum atomic E-state index is -1.31. The molecule has 0 fully saturated rings. The molecule has 0 bridgehead atoms. The van der Waals surface area contributed by atoms with Crippen molar-refractivity contribution in [1.82, 2.24) is 4.90 Å². The molecule has 0 saturated carbocycles. The van der Waals surface area contributed by atoms with Gasteiger partial charge in [-0.15, -0.1) is 0 Å². The smallest absolute Gasteiger partial charge is 0.417 e. The minimum Gasteiger partial charge on any atom is -0.478 e. The maximum absolute atomic E-state index is 11.8. The largest absolute Gasteiger partial charge is 0.478 e. The summed E-state index contributed by atoms with van der Waals surface area (Å²) in [4.78, 5) is 34.5. The van der Waals surface area contributed by atoms with Crippen LogP contribution in [0.25, 0.3) is 0 Å². The van der Waals surface area contributed by atoms with Crippen molar-refractivity contribution in [3.05, 3.63) is 12.2 Å². The molecule has 1 atom stereocenters. The van der Waals surface area contributed by atoms with Crippen LogP contribution in [0.1, 0.15) is 39.5 Å². The summed E-state index contributed by atoms with van der Waals surface area (Å²) >= 11 is 0. The molecule has 1 unspecified atom stereocenters. The summed E-state index contributed by atoms with van der Waals surface area (Å²) in [5.74, 6) is -2.36. The highest BCUT2D eigenvalue weighted by atomic mass is 16.6. The monoisotopic (exact) mass is 301 g/mol. The van der Waals surface area contributed by atoms with Crippen LogP contribution in [-0.4, -0.2) is 52.3 Å². The average Bonchev–Trinajstić information content (AvgIpc) is 2.42. The normalized spacial score (nSPS) is 12.1. The number of aliphatic hydroxyl groups is 1. The molecular formula is C14H23NO6. The molecule has 0 saturated heterocycles. The summed E-state index contributed by atoms with van der Waals surface area (Å²) in [6.07, 6.45) is 2.70. The maximum Gasteiger partial charge on any atom is 0.417 e. The molecule has 0 spiro atoms. The van der Waals surface area contributed by atoms with Crippen molar-refractivity contribution in [1.29, 1.82) is 0 Å². The van der Waals surface area contributed by atoms with Gasteiger partial charge < -0.3 is 19.8 Å². The summed E-state index contributed by atoms with van der Waals surface area (Å²) in [6, 6.07) is 0. The molecule has 7 nitrogen and oxygen atoms in total. The molecule has 0 heterocycles. The molecule has 21 heavy (non-hydrogen) atoms. The van der Waals surface area contributed by atoms with Crippen molar-refractivity contribution in [2.75, 3.05) is 13.1 Å². The van der Waals surface area contributed by atoms with Crippen LogP contribution in [0.15, 0.2) is 12.2 Å². The number of hydrogen-bond donors (Lipinski definition) is 2. The fourth-order valence-electron chi connectivity index (χ4n) is 1.64. The van der Waals surface area contributed by atoms with Crippen molar-refractivity contribution in [3.8, 4) is 0 Å². The Bertz CT molecular complexity index is 380. The molecule has 0 aromatic heterocycles. The highest BCUT2D eigenvalue weighted by molar-refractivity contribution is 5.95. The van der Waals surface area contributed by atoms with Crippen molar-refractivity contribution in [2.24, 2.45) is 0 Å². The molecule has 0 aliphatic carbocycles. The molecule has 2 N–H and O–H groups in total. The van der Waals surface area contributed by atoms with Gasteiger partial charge in [-0.3, -0.25) is 0 Å². The van der Waals surface area contributed by atoms with Crippen LogP contribution in [-0.2, 0) is 14.3 Å². The van der Waals surface area contributed by atoms with Crippen molar-refractivity contribution < 1.29 is 29.3 Å². The Morgan fingerprint density at radius 2 is 1.86 bits per heavy atom. The predicted molar refractivity (Wildman–Crippen MR) is 75.7 cm³/mol. The van der Waals surface area contributed by atoms with E-state index >= 15 is 0 Å². The van der Waals surface area contributed by atoms with Crippen LogP contribution in [0.4, 0.5) is 4.79 Å². The lowest BCUT2D eigenvalue weighted by Gasteiger charge is -2.23. The topological polar surface area (TPSA) is 104 Å². The lowest BCUT2D eigenvalue weighted by atomic mass is 10.1. The third-order valence-electron chi connectivity index (χ3n) is 2.62. The number of carboxylic acids is 1. The molecule has 7 heteroatoms. The summed E-state index contributed by atoms with van der Waals surface area (Å²) in [7, 11) is 0. The molecule has 1 amide bonds. The third kappa shape index (κ3) is 9.61. The number of rotatable bonds is 9. The standard InChI is InChI=1S/C14H23NO6/c1-3-5-6-11(16)10-15(9-4-2)14(20)21-13(19)8-7-12(17)18/h7-8,11,16H,3-6,9-10H2,1-2H3,(H,17,18)/b8-7+. The first-order valence-electron chi connectivity index (χ1n) is 7.00. The summed E-state index contributed by atoms with van der Waals surface area (Å²) in [5.41, 5.74) is 0. The molecule has 0 aliphatic rings. The second-order valence-corrected chi connectivity index (χ2v) is 4.60. The van der Waals surface area contributed by atoms with Crippen LogP contribution in [0.2, 0.25) is 0 Å². The Labute approximate surface area is 124 Å². The second-order valence-electron chi connectivity index (χ2n) is 4.60. The zero-order chi connectivity index (χ0) is 16.3. The van der Waals surface area contributed by atoms with Gasteiger partial charge in [0.05, 0.1) is 6.10 Å². The summed E-state index contributed by atoms with van der Waals surface area (Å²) in [5, 5.41) is 18.2. The fraction of sp³-hybridized carbons (Fsp3) is 0.643. The number of carboxylic acid groups (broad SMARTS) is 1. The zero-order valence-corrected chi connectivity index (χ0v) is 12.4. The molecular weight excluding hydrogens is 278 g/mol. The number of amides is 1. The Kier molecular flexibility index (Phi) is 9.87. The number of carbonyl (C=O) groups is 3. The van der Waals surface area contributed by atoms with Crippen molar-refractivity contribution in [2.45, 2.75) is 45.6 Å². The number of unbranched alkanes of at least 4 members (excludes halogenated alkanes) is 1. The summed E-state index contributed by atoms with van der Waals surface area (Å²) < 4.78 is 4.51. The van der Waals surface area contributed by atoms with E-state index < -0.39 is 24.1 Å². The van der Waals surface area contributed by atoms with E-state index in [1.165, 1.54) is 4.90 Å². The first-order chi connectivity index (χ1) is 9.90. The first-order valence-corrected chi connectivity index (χ1v) is 7.00. The van der Waals surface area contributed by atoms with E-state index in [9.17, 15) is 19.5 Å². The number of ether oxygens (including phenoxy) is 1. The second kappa shape index (κ2) is 10.8. The van der Waals surface area contributed by atoms with Crippen LogP contribution in [0.5, 0.6) is 0 Å². The molecule has 0 aliphatic heterocycles. The zero-order valence-electron chi connectivity index (χ0n) is 12.4. The number of aliphatic carboxylic acids is 1. The van der Waals surface area contributed by atoms with Gasteiger partial charge in [0.25, 0.3) is 0 Å². The van der Waals surface area contributed by atoms with Gasteiger partial charge in [-0.25, -0.2) is 14.4 Å². The van der Waals surface area contributed by atoms with Gasteiger partial charge in [-0.2, -0.15) is 0 Å². The third-order valence-corrected chi connectivity index (χ3v) is 2.62. The molecule has 0 radical (unpaired) electrons. The van der Waals surface area contributed by atoms with Crippen LogP contribution in [0.3, 0.4) is 0 Å². The van der Waals surface area contributed by atoms with E-state index in [0.717, 1.165) is 12.8 Å². The van der Waals surface area contributed by atoms with Gasteiger partial charge in [0.1, 0.15) is 0 Å². The van der Waals surface area contributed by atoms with Crippen molar-refractivity contribution >= 4 is 18.0 Å². The molecule has 0 aromatic rings. The quantitative estimate of drug-likeness (QED) is 0.380. The maximum atomic E-state index is 11.8. The van der Waals surface area contributed by atoms with Crippen LogP contribution >= 0.6 is 0 Å². The Morgan fingerprint density at radius 1 is 1.19 bits per heavy atom. The lowest BCUT2D eigenvalue weighted by Crippen LogP contribution is -2.39. The lowest BCUT2D eigenvalue weighted by molar-refractivity contribution is -0.135. The van der Waals surface area contributed by atoms with E-state index in [1.807, 2.05) is 13.8 Å². The van der Waals surface area contributed by atoms with Gasteiger partial charge in [0.2, 0.25) is 0 Å². The van der Waals surface area contributed by atoms with E-state index in [4.69, 9.17) is 5.11 Å². The van der Waals surface area contributed by atoms with Crippen molar-refractivity contribution in [3.63, 3.8) is 0 Å². The van der Waals surface area contributed by atoms with Crippen LogP contribution < -0.4 is 0 Å². The number of aliphatic hydroxyl groups excluding tert-OH is 1. The number of hydrogen-bond acceptors (Lipinski definition) is 5. The SMILES string of the molecule is CCCCC(O)CN(CCC)C(=O)OC(=O)/C=C/C(=O)O. The number of nitrogens with zero attached hydrogens (tertiary/aromatic N) is 1. The predicted octanol–water partition coefficient (Wildman–Crippen LogP) is 1.55. The average molecular weight is 301 g/mol. The van der Waals surface area contributed by atoms with Gasteiger partial charge in [0, 0.05) is 25.2 Å². The molecule has 0 aromatic carbocycles. The molecule has 0 rings (SSSR count). The molecule has 120 valence electrons. The highest BCUT2D eigenvalue weighted by Crippen LogP contribution is 2.05. The van der Waals surface area contributed by atoms with Gasteiger partial charge in [-0.1, -0.05) is 26.7 Å². The van der Waals surface area contributed by atoms with Crippen LogP contribution in [0, 0.1) is 0 Å². The van der Waals surface area contributed by atoms with E-state index in [2.05, 4.69) is 4.74 Å². The van der Waals surface area contributed by atoms with E-state index in [1.54, 1.807) is 0 Å². The van der Waals surface area contributed by atoms with Gasteiger partial charge >= 0.3 is 18.0 Å². The number of esters is 1. The van der Waals surface area contributed by atoms with Gasteiger partial charge in [-0.05, 0) is 12.8 Å².